The third-order valence-electron chi connectivity index (χ3n) is 5.74. The number of carbonyl (C=O) groups excluding carboxylic acids is 2. The number of amides is 2. The highest BCUT2D eigenvalue weighted by Crippen LogP contribution is 2.44. The van der Waals surface area contributed by atoms with Crippen molar-refractivity contribution in [2.75, 3.05) is 6.61 Å². The summed E-state index contributed by atoms with van der Waals surface area (Å²) in [5, 5.41) is 14.4. The molecule has 3 aromatic rings. The molecule has 33 heavy (non-hydrogen) atoms. The molecular formula is C26H24N2O5. The van der Waals surface area contributed by atoms with Crippen molar-refractivity contribution in [2.24, 2.45) is 0 Å². The minimum Gasteiger partial charge on any atom is -0.479 e. The standard InChI is InChI=1S/C26H24N2O5/c1-16(24(29)28-23(25(30)31)17-9-3-2-4-10-17)27-26(32)33-15-22-20-13-7-5-11-18(20)19-12-6-8-14-21(19)22/h2-14,16,22-23H,15H2,1H3,(H,27,32)(H,28,29)(H,30,31). The third-order valence-corrected chi connectivity index (χ3v) is 5.74. The predicted octanol–water partition coefficient (Wildman–Crippen LogP) is 3.86. The van der Waals surface area contributed by atoms with Gasteiger partial charge in [-0.05, 0) is 34.7 Å². The van der Waals surface area contributed by atoms with E-state index in [1.165, 1.54) is 6.92 Å². The van der Waals surface area contributed by atoms with Gasteiger partial charge >= 0.3 is 12.1 Å². The van der Waals surface area contributed by atoms with Gasteiger partial charge in [0, 0.05) is 5.92 Å². The van der Waals surface area contributed by atoms with Gasteiger partial charge < -0.3 is 20.5 Å². The van der Waals surface area contributed by atoms with E-state index in [0.717, 1.165) is 22.3 Å². The van der Waals surface area contributed by atoms with Crippen LogP contribution >= 0.6 is 0 Å². The van der Waals surface area contributed by atoms with E-state index in [0.29, 0.717) is 5.56 Å². The van der Waals surface area contributed by atoms with Gasteiger partial charge in [0.15, 0.2) is 6.04 Å². The molecule has 1 aliphatic rings. The van der Waals surface area contributed by atoms with E-state index in [-0.39, 0.29) is 12.5 Å². The molecule has 0 spiro atoms. The van der Waals surface area contributed by atoms with Gasteiger partial charge in [-0.2, -0.15) is 0 Å². The molecule has 7 nitrogen and oxygen atoms in total. The lowest BCUT2D eigenvalue weighted by molar-refractivity contribution is -0.142. The zero-order chi connectivity index (χ0) is 23.4. The van der Waals surface area contributed by atoms with E-state index >= 15 is 0 Å². The van der Waals surface area contributed by atoms with Crippen molar-refractivity contribution in [1.82, 2.24) is 10.6 Å². The van der Waals surface area contributed by atoms with Gasteiger partial charge in [-0.3, -0.25) is 4.79 Å². The Kier molecular flexibility index (Phi) is 6.40. The lowest BCUT2D eigenvalue weighted by Gasteiger charge is -2.20. The number of benzene rings is 3. The molecule has 1 aliphatic carbocycles. The highest BCUT2D eigenvalue weighted by molar-refractivity contribution is 5.89. The molecule has 2 amide bonds. The topological polar surface area (TPSA) is 105 Å². The number of alkyl carbamates (subject to hydrolysis) is 1. The summed E-state index contributed by atoms with van der Waals surface area (Å²) in [6.45, 7) is 1.59. The van der Waals surface area contributed by atoms with Crippen molar-refractivity contribution < 1.29 is 24.2 Å². The predicted molar refractivity (Wildman–Crippen MR) is 123 cm³/mol. The number of hydrogen-bond donors (Lipinski definition) is 3. The lowest BCUT2D eigenvalue weighted by Crippen LogP contribution is -2.47. The average molecular weight is 444 g/mol. The molecule has 3 N–H and O–H groups in total. The number of hydrogen-bond acceptors (Lipinski definition) is 4. The van der Waals surface area contributed by atoms with Crippen molar-refractivity contribution >= 4 is 18.0 Å². The van der Waals surface area contributed by atoms with Crippen molar-refractivity contribution in [2.45, 2.75) is 24.9 Å². The smallest absolute Gasteiger partial charge is 0.407 e. The SMILES string of the molecule is CC(NC(=O)OCC1c2ccccc2-c2ccccc21)C(=O)NC(C(=O)O)c1ccccc1. The molecule has 3 aromatic carbocycles. The normalized spacial score (nSPS) is 13.8. The molecule has 0 aliphatic heterocycles. The Balaban J connectivity index is 1.36. The first-order valence-corrected chi connectivity index (χ1v) is 10.7. The molecule has 2 atom stereocenters. The van der Waals surface area contributed by atoms with Gasteiger partial charge in [0.05, 0.1) is 0 Å². The largest absolute Gasteiger partial charge is 0.479 e. The van der Waals surface area contributed by atoms with Crippen LogP contribution in [-0.4, -0.2) is 35.7 Å². The summed E-state index contributed by atoms with van der Waals surface area (Å²) in [4.78, 5) is 36.5. The Morgan fingerprint density at radius 3 is 1.97 bits per heavy atom. The molecule has 0 heterocycles. The van der Waals surface area contributed by atoms with E-state index in [2.05, 4.69) is 10.6 Å². The van der Waals surface area contributed by atoms with Crippen LogP contribution < -0.4 is 10.6 Å². The van der Waals surface area contributed by atoms with Crippen molar-refractivity contribution in [3.05, 3.63) is 95.6 Å². The number of carboxylic acids is 1. The first-order chi connectivity index (χ1) is 16.0. The zero-order valence-corrected chi connectivity index (χ0v) is 18.0. The summed E-state index contributed by atoms with van der Waals surface area (Å²) in [5.74, 6) is -1.91. The van der Waals surface area contributed by atoms with Crippen LogP contribution in [0.3, 0.4) is 0 Å². The molecule has 7 heteroatoms. The number of aliphatic carboxylic acids is 1. The highest BCUT2D eigenvalue weighted by Gasteiger charge is 2.30. The van der Waals surface area contributed by atoms with Crippen molar-refractivity contribution in [1.29, 1.82) is 0 Å². The monoisotopic (exact) mass is 444 g/mol. The minimum absolute atomic E-state index is 0.0956. The molecule has 0 fully saturated rings. The summed E-state index contributed by atoms with van der Waals surface area (Å²) in [6, 6.07) is 22.2. The van der Waals surface area contributed by atoms with Crippen LogP contribution in [0.2, 0.25) is 0 Å². The van der Waals surface area contributed by atoms with E-state index in [9.17, 15) is 19.5 Å². The van der Waals surface area contributed by atoms with Gasteiger partial charge in [-0.15, -0.1) is 0 Å². The zero-order valence-electron chi connectivity index (χ0n) is 18.0. The molecule has 0 saturated heterocycles. The van der Waals surface area contributed by atoms with Crippen LogP contribution in [0.15, 0.2) is 78.9 Å². The maximum Gasteiger partial charge on any atom is 0.407 e. The van der Waals surface area contributed by atoms with Gasteiger partial charge in [0.1, 0.15) is 12.6 Å². The number of nitrogens with one attached hydrogen (secondary N) is 2. The second-order valence-corrected chi connectivity index (χ2v) is 7.88. The quantitative estimate of drug-likeness (QED) is 0.513. The molecule has 0 saturated carbocycles. The Morgan fingerprint density at radius 1 is 0.848 bits per heavy atom. The number of carboxylic acid groups (broad SMARTS) is 1. The van der Waals surface area contributed by atoms with Crippen LogP contribution in [0.25, 0.3) is 11.1 Å². The number of carbonyl (C=O) groups is 3. The first-order valence-electron chi connectivity index (χ1n) is 10.7. The van der Waals surface area contributed by atoms with Crippen LogP contribution in [0.5, 0.6) is 0 Å². The Labute approximate surface area is 191 Å². The summed E-state index contributed by atoms with van der Waals surface area (Å²) < 4.78 is 5.45. The van der Waals surface area contributed by atoms with Gasteiger partial charge in [0.25, 0.3) is 0 Å². The Bertz CT molecular complexity index is 1130. The molecule has 0 bridgehead atoms. The Hall–Kier alpha value is -4.13. The van der Waals surface area contributed by atoms with Crippen LogP contribution in [0.1, 0.15) is 35.6 Å². The van der Waals surface area contributed by atoms with E-state index < -0.39 is 30.1 Å². The summed E-state index contributed by atoms with van der Waals surface area (Å²) in [7, 11) is 0. The first kappa shape index (κ1) is 22.1. The lowest BCUT2D eigenvalue weighted by atomic mass is 9.98. The fourth-order valence-electron chi connectivity index (χ4n) is 4.08. The third kappa shape index (κ3) is 4.72. The number of fused-ring (bicyclic) bond motifs is 3. The minimum atomic E-state index is -1.22. The average Bonchev–Trinajstić information content (AvgIpc) is 3.15. The van der Waals surface area contributed by atoms with Crippen LogP contribution in [0, 0.1) is 0 Å². The summed E-state index contributed by atoms with van der Waals surface area (Å²) in [5.41, 5.74) is 4.85. The fourth-order valence-corrected chi connectivity index (χ4v) is 4.08. The molecule has 168 valence electrons. The molecule has 4 rings (SSSR count). The van der Waals surface area contributed by atoms with Crippen molar-refractivity contribution in [3.63, 3.8) is 0 Å². The maximum absolute atomic E-state index is 12.5. The van der Waals surface area contributed by atoms with E-state index in [1.54, 1.807) is 30.3 Å². The van der Waals surface area contributed by atoms with Crippen LogP contribution in [0.4, 0.5) is 4.79 Å². The van der Waals surface area contributed by atoms with Crippen molar-refractivity contribution in [3.8, 4) is 11.1 Å². The second-order valence-electron chi connectivity index (χ2n) is 7.88. The van der Waals surface area contributed by atoms with Gasteiger partial charge in [-0.1, -0.05) is 78.9 Å². The van der Waals surface area contributed by atoms with E-state index in [1.807, 2.05) is 48.5 Å². The number of rotatable bonds is 7. The Morgan fingerprint density at radius 2 is 1.39 bits per heavy atom. The second kappa shape index (κ2) is 9.56. The van der Waals surface area contributed by atoms with Gasteiger partial charge in [-0.25, -0.2) is 9.59 Å². The summed E-state index contributed by atoms with van der Waals surface area (Å²) >= 11 is 0. The summed E-state index contributed by atoms with van der Waals surface area (Å²) in [6.07, 6.45) is -0.744. The number of ether oxygens (including phenoxy) is 1. The molecule has 0 radical (unpaired) electrons. The van der Waals surface area contributed by atoms with Gasteiger partial charge in [0.2, 0.25) is 5.91 Å². The molecule has 2 unspecified atom stereocenters. The van der Waals surface area contributed by atoms with E-state index in [4.69, 9.17) is 4.74 Å². The fraction of sp³-hybridized carbons (Fsp3) is 0.192. The maximum atomic E-state index is 12.5. The molecule has 0 aromatic heterocycles. The highest BCUT2D eigenvalue weighted by atomic mass is 16.5. The molecular weight excluding hydrogens is 420 g/mol. The van der Waals surface area contributed by atoms with Crippen LogP contribution in [-0.2, 0) is 14.3 Å².